The Balaban J connectivity index is 1.71. The molecule has 0 atom stereocenters. The predicted octanol–water partition coefficient (Wildman–Crippen LogP) is 2.84. The first-order valence-electron chi connectivity index (χ1n) is 8.87. The van der Waals surface area contributed by atoms with Crippen molar-refractivity contribution in [3.05, 3.63) is 17.5 Å². The molecule has 1 aliphatic carbocycles. The number of likely N-dealkylation sites (tertiary alicyclic amines) is 1. The molecule has 0 spiro atoms. The first-order chi connectivity index (χ1) is 11.3. The van der Waals surface area contributed by atoms with Gasteiger partial charge in [0.15, 0.2) is 5.69 Å². The van der Waals surface area contributed by atoms with Gasteiger partial charge in [-0.05, 0) is 58.4 Å². The molecule has 132 valence electrons. The Hall–Kier alpha value is -1.85. The quantitative estimate of drug-likeness (QED) is 0.919. The molecule has 1 N–H and O–H groups in total. The summed E-state index contributed by atoms with van der Waals surface area (Å²) in [7, 11) is 0. The van der Waals surface area contributed by atoms with Gasteiger partial charge in [-0.1, -0.05) is 0 Å². The summed E-state index contributed by atoms with van der Waals surface area (Å²) in [6.45, 7) is 7.57. The second kappa shape index (κ2) is 6.22. The van der Waals surface area contributed by atoms with Gasteiger partial charge in [-0.3, -0.25) is 14.3 Å². The SMILES string of the molecule is CC(C)(C)n1nc(C(=O)N2CCC(CC(=O)O)CC2)cc1C1CC1. The van der Waals surface area contributed by atoms with Gasteiger partial charge in [0.1, 0.15) is 0 Å². The summed E-state index contributed by atoms with van der Waals surface area (Å²) in [6.07, 6.45) is 4.07. The fourth-order valence-electron chi connectivity index (χ4n) is 3.46. The number of aromatic nitrogens is 2. The summed E-state index contributed by atoms with van der Waals surface area (Å²) >= 11 is 0. The van der Waals surface area contributed by atoms with Crippen LogP contribution in [0.25, 0.3) is 0 Å². The normalized spacial score (nSPS) is 19.5. The molecule has 0 bridgehead atoms. The molecule has 1 aromatic rings. The van der Waals surface area contributed by atoms with Crippen LogP contribution in [0.4, 0.5) is 0 Å². The van der Waals surface area contributed by atoms with Crippen molar-refractivity contribution in [2.75, 3.05) is 13.1 Å². The van der Waals surface area contributed by atoms with Crippen LogP contribution < -0.4 is 0 Å². The first-order valence-corrected chi connectivity index (χ1v) is 8.87. The minimum absolute atomic E-state index is 0.0197. The monoisotopic (exact) mass is 333 g/mol. The fraction of sp³-hybridized carbons (Fsp3) is 0.722. The minimum Gasteiger partial charge on any atom is -0.481 e. The lowest BCUT2D eigenvalue weighted by molar-refractivity contribution is -0.138. The maximum Gasteiger partial charge on any atom is 0.303 e. The van der Waals surface area contributed by atoms with Gasteiger partial charge in [0.2, 0.25) is 0 Å². The topological polar surface area (TPSA) is 75.4 Å². The molecule has 3 rings (SSSR count). The van der Waals surface area contributed by atoms with Gasteiger partial charge in [0, 0.05) is 31.1 Å². The van der Waals surface area contributed by atoms with E-state index in [1.165, 1.54) is 18.5 Å². The second-order valence-electron chi connectivity index (χ2n) is 8.14. The lowest BCUT2D eigenvalue weighted by atomic mass is 9.93. The number of hydrogen-bond acceptors (Lipinski definition) is 3. The lowest BCUT2D eigenvalue weighted by Crippen LogP contribution is -2.39. The van der Waals surface area contributed by atoms with E-state index in [-0.39, 0.29) is 23.8 Å². The standard InChI is InChI=1S/C18H27N3O3/c1-18(2,3)21-15(13-4-5-13)11-14(19-21)17(24)20-8-6-12(7-9-20)10-16(22)23/h11-13H,4-10H2,1-3H3,(H,22,23). The highest BCUT2D eigenvalue weighted by molar-refractivity contribution is 5.92. The second-order valence-corrected chi connectivity index (χ2v) is 8.14. The van der Waals surface area contributed by atoms with E-state index in [0.717, 1.165) is 12.8 Å². The molecule has 24 heavy (non-hydrogen) atoms. The molecule has 6 nitrogen and oxygen atoms in total. The Morgan fingerprint density at radius 1 is 1.21 bits per heavy atom. The zero-order chi connectivity index (χ0) is 17.5. The molecule has 6 heteroatoms. The molecule has 0 aromatic carbocycles. The smallest absolute Gasteiger partial charge is 0.303 e. The summed E-state index contributed by atoms with van der Waals surface area (Å²) in [5.74, 6) is -0.0493. The zero-order valence-corrected chi connectivity index (χ0v) is 14.8. The van der Waals surface area contributed by atoms with Crippen LogP contribution in [-0.2, 0) is 10.3 Å². The van der Waals surface area contributed by atoms with Crippen molar-refractivity contribution < 1.29 is 14.7 Å². The molecule has 1 saturated heterocycles. The highest BCUT2D eigenvalue weighted by atomic mass is 16.4. The maximum absolute atomic E-state index is 12.8. The number of piperidine rings is 1. The third-order valence-electron chi connectivity index (χ3n) is 4.95. The van der Waals surface area contributed by atoms with Crippen molar-refractivity contribution in [1.82, 2.24) is 14.7 Å². The van der Waals surface area contributed by atoms with Crippen molar-refractivity contribution in [3.63, 3.8) is 0 Å². The van der Waals surface area contributed by atoms with E-state index in [0.29, 0.717) is 24.7 Å². The average molecular weight is 333 g/mol. The highest BCUT2D eigenvalue weighted by Gasteiger charge is 2.34. The van der Waals surface area contributed by atoms with E-state index in [9.17, 15) is 9.59 Å². The van der Waals surface area contributed by atoms with Gasteiger partial charge in [0.25, 0.3) is 5.91 Å². The summed E-state index contributed by atoms with van der Waals surface area (Å²) in [4.78, 5) is 25.4. The molecule has 1 saturated carbocycles. The summed E-state index contributed by atoms with van der Waals surface area (Å²) in [5.41, 5.74) is 1.57. The molecule has 2 fully saturated rings. The van der Waals surface area contributed by atoms with Crippen molar-refractivity contribution in [2.24, 2.45) is 5.92 Å². The minimum atomic E-state index is -0.752. The number of rotatable bonds is 4. The van der Waals surface area contributed by atoms with Gasteiger partial charge in [0.05, 0.1) is 5.54 Å². The third kappa shape index (κ3) is 3.62. The van der Waals surface area contributed by atoms with Crippen molar-refractivity contribution >= 4 is 11.9 Å². The summed E-state index contributed by atoms with van der Waals surface area (Å²) in [6, 6.07) is 1.97. The number of carbonyl (C=O) groups excluding carboxylic acids is 1. The Morgan fingerprint density at radius 3 is 2.33 bits per heavy atom. The van der Waals surface area contributed by atoms with E-state index < -0.39 is 5.97 Å². The van der Waals surface area contributed by atoms with Gasteiger partial charge >= 0.3 is 5.97 Å². The number of aliphatic carboxylic acids is 1. The van der Waals surface area contributed by atoms with Crippen LogP contribution in [0.3, 0.4) is 0 Å². The Morgan fingerprint density at radius 2 is 1.83 bits per heavy atom. The molecular formula is C18H27N3O3. The number of carbonyl (C=O) groups is 2. The molecule has 1 aromatic heterocycles. The van der Waals surface area contributed by atoms with E-state index in [4.69, 9.17) is 5.11 Å². The van der Waals surface area contributed by atoms with Gasteiger partial charge in [-0.2, -0.15) is 5.10 Å². The average Bonchev–Trinajstić information content (AvgIpc) is 3.24. The van der Waals surface area contributed by atoms with E-state index in [1.807, 2.05) is 15.6 Å². The van der Waals surface area contributed by atoms with E-state index in [2.05, 4.69) is 25.9 Å². The summed E-state index contributed by atoms with van der Waals surface area (Å²) < 4.78 is 2.01. The van der Waals surface area contributed by atoms with E-state index >= 15 is 0 Å². The Labute approximate surface area is 142 Å². The van der Waals surface area contributed by atoms with Gasteiger partial charge in [-0.25, -0.2) is 0 Å². The molecule has 0 radical (unpaired) electrons. The zero-order valence-electron chi connectivity index (χ0n) is 14.8. The van der Waals surface area contributed by atoms with Crippen molar-refractivity contribution in [2.45, 2.75) is 64.3 Å². The molecule has 2 aliphatic rings. The fourth-order valence-corrected chi connectivity index (χ4v) is 3.46. The number of amides is 1. The molecular weight excluding hydrogens is 306 g/mol. The maximum atomic E-state index is 12.8. The number of hydrogen-bond donors (Lipinski definition) is 1. The van der Waals surface area contributed by atoms with Crippen molar-refractivity contribution in [3.8, 4) is 0 Å². The summed E-state index contributed by atoms with van der Waals surface area (Å²) in [5, 5.41) is 13.5. The largest absolute Gasteiger partial charge is 0.481 e. The van der Waals surface area contributed by atoms with Gasteiger partial charge < -0.3 is 10.0 Å². The van der Waals surface area contributed by atoms with Crippen LogP contribution >= 0.6 is 0 Å². The molecule has 1 aliphatic heterocycles. The third-order valence-corrected chi connectivity index (χ3v) is 4.95. The molecule has 2 heterocycles. The van der Waals surface area contributed by atoms with Crippen LogP contribution in [0.2, 0.25) is 0 Å². The van der Waals surface area contributed by atoms with E-state index in [1.54, 1.807) is 0 Å². The number of carboxylic acid groups (broad SMARTS) is 1. The molecule has 1 amide bonds. The predicted molar refractivity (Wildman–Crippen MR) is 90.1 cm³/mol. The lowest BCUT2D eigenvalue weighted by Gasteiger charge is -2.30. The van der Waals surface area contributed by atoms with Crippen LogP contribution in [0, 0.1) is 5.92 Å². The van der Waals surface area contributed by atoms with Crippen LogP contribution in [-0.4, -0.2) is 44.8 Å². The highest BCUT2D eigenvalue weighted by Crippen LogP contribution is 2.41. The number of carboxylic acids is 1. The van der Waals surface area contributed by atoms with Crippen LogP contribution in [0.15, 0.2) is 6.07 Å². The Bertz CT molecular complexity index is 632. The van der Waals surface area contributed by atoms with Crippen LogP contribution in [0.1, 0.15) is 75.0 Å². The first kappa shape index (κ1) is 17.0. The van der Waals surface area contributed by atoms with Crippen molar-refractivity contribution in [1.29, 1.82) is 0 Å². The van der Waals surface area contributed by atoms with Crippen LogP contribution in [0.5, 0.6) is 0 Å². The Kier molecular flexibility index (Phi) is 4.40. The molecule has 0 unspecified atom stereocenters. The number of nitrogens with zero attached hydrogens (tertiary/aromatic N) is 3. The van der Waals surface area contributed by atoms with Gasteiger partial charge in [-0.15, -0.1) is 0 Å².